The van der Waals surface area contributed by atoms with Crippen LogP contribution in [0.5, 0.6) is 0 Å². The van der Waals surface area contributed by atoms with Crippen molar-refractivity contribution < 1.29 is 9.53 Å². The van der Waals surface area contributed by atoms with Crippen LogP contribution in [0.25, 0.3) is 0 Å². The van der Waals surface area contributed by atoms with E-state index in [4.69, 9.17) is 4.74 Å². The fourth-order valence-electron chi connectivity index (χ4n) is 1.86. The van der Waals surface area contributed by atoms with E-state index in [-0.39, 0.29) is 5.78 Å². The van der Waals surface area contributed by atoms with Crippen LogP contribution in [0.15, 0.2) is 0 Å². The molecule has 14 heavy (non-hydrogen) atoms. The van der Waals surface area contributed by atoms with Crippen LogP contribution in [0.3, 0.4) is 0 Å². The van der Waals surface area contributed by atoms with Gasteiger partial charge in [0.1, 0.15) is 5.78 Å². The standard InChI is InChI=1S/C11H21NO2/c1-4-11-8-14-10(3)7-12(11)6-5-9(2)13/h10-11H,4-8H2,1-3H3. The van der Waals surface area contributed by atoms with Gasteiger partial charge in [0.15, 0.2) is 0 Å². The van der Waals surface area contributed by atoms with Crippen LogP contribution in [-0.2, 0) is 9.53 Å². The monoisotopic (exact) mass is 199 g/mol. The van der Waals surface area contributed by atoms with Gasteiger partial charge in [-0.3, -0.25) is 9.69 Å². The van der Waals surface area contributed by atoms with Crippen molar-refractivity contribution >= 4 is 5.78 Å². The van der Waals surface area contributed by atoms with Gasteiger partial charge in [0, 0.05) is 25.6 Å². The summed E-state index contributed by atoms with van der Waals surface area (Å²) in [6.07, 6.45) is 2.08. The summed E-state index contributed by atoms with van der Waals surface area (Å²) in [6, 6.07) is 0.505. The first-order valence-electron chi connectivity index (χ1n) is 5.48. The number of morpholine rings is 1. The van der Waals surface area contributed by atoms with Gasteiger partial charge in [-0.05, 0) is 20.3 Å². The van der Waals surface area contributed by atoms with Crippen molar-refractivity contribution in [2.75, 3.05) is 19.7 Å². The molecule has 1 saturated heterocycles. The molecule has 0 spiro atoms. The average Bonchev–Trinajstić information content (AvgIpc) is 2.15. The number of Topliss-reactive ketones (excluding diaryl/α,β-unsaturated/α-hetero) is 1. The molecule has 2 atom stereocenters. The van der Waals surface area contributed by atoms with E-state index in [1.165, 1.54) is 0 Å². The Bertz CT molecular complexity index is 194. The molecule has 3 heteroatoms. The molecule has 0 bridgehead atoms. The summed E-state index contributed by atoms with van der Waals surface area (Å²) in [7, 11) is 0. The lowest BCUT2D eigenvalue weighted by Crippen LogP contribution is -2.49. The number of hydrogen-bond donors (Lipinski definition) is 0. The minimum Gasteiger partial charge on any atom is -0.376 e. The van der Waals surface area contributed by atoms with Crippen molar-refractivity contribution in [3.63, 3.8) is 0 Å². The highest BCUT2D eigenvalue weighted by Crippen LogP contribution is 2.14. The quantitative estimate of drug-likeness (QED) is 0.686. The summed E-state index contributed by atoms with van der Waals surface area (Å²) >= 11 is 0. The Morgan fingerprint density at radius 3 is 2.86 bits per heavy atom. The summed E-state index contributed by atoms with van der Waals surface area (Å²) in [5.74, 6) is 0.277. The molecule has 1 heterocycles. The van der Waals surface area contributed by atoms with Gasteiger partial charge in [0.25, 0.3) is 0 Å². The van der Waals surface area contributed by atoms with Gasteiger partial charge in [0.05, 0.1) is 12.7 Å². The largest absolute Gasteiger partial charge is 0.376 e. The van der Waals surface area contributed by atoms with Crippen LogP contribution in [0, 0.1) is 0 Å². The molecule has 0 aliphatic carbocycles. The third kappa shape index (κ3) is 3.39. The van der Waals surface area contributed by atoms with Crippen LogP contribution in [-0.4, -0.2) is 42.5 Å². The zero-order chi connectivity index (χ0) is 10.6. The molecule has 0 radical (unpaired) electrons. The van der Waals surface area contributed by atoms with Crippen LogP contribution in [0.2, 0.25) is 0 Å². The molecular weight excluding hydrogens is 178 g/mol. The predicted molar refractivity (Wildman–Crippen MR) is 56.4 cm³/mol. The zero-order valence-electron chi connectivity index (χ0n) is 9.45. The number of rotatable bonds is 4. The molecular formula is C11H21NO2. The van der Waals surface area contributed by atoms with Crippen molar-refractivity contribution in [3.05, 3.63) is 0 Å². The number of carbonyl (C=O) groups is 1. The van der Waals surface area contributed by atoms with E-state index >= 15 is 0 Å². The van der Waals surface area contributed by atoms with Crippen LogP contribution < -0.4 is 0 Å². The van der Waals surface area contributed by atoms with E-state index < -0.39 is 0 Å². The molecule has 2 unspecified atom stereocenters. The molecule has 0 aromatic rings. The Morgan fingerprint density at radius 1 is 1.57 bits per heavy atom. The number of nitrogens with zero attached hydrogens (tertiary/aromatic N) is 1. The summed E-state index contributed by atoms with van der Waals surface area (Å²) < 4.78 is 5.59. The Balaban J connectivity index is 2.40. The molecule has 0 N–H and O–H groups in total. The molecule has 3 nitrogen and oxygen atoms in total. The lowest BCUT2D eigenvalue weighted by molar-refractivity contribution is -0.118. The first kappa shape index (κ1) is 11.7. The molecule has 0 saturated carbocycles. The van der Waals surface area contributed by atoms with Gasteiger partial charge in [-0.1, -0.05) is 6.92 Å². The van der Waals surface area contributed by atoms with Crippen LogP contribution >= 0.6 is 0 Å². The fraction of sp³-hybridized carbons (Fsp3) is 0.909. The van der Waals surface area contributed by atoms with Gasteiger partial charge in [-0.25, -0.2) is 0 Å². The number of carbonyl (C=O) groups excluding carboxylic acids is 1. The molecule has 1 fully saturated rings. The third-order valence-corrected chi connectivity index (χ3v) is 2.80. The Labute approximate surface area is 86.4 Å². The van der Waals surface area contributed by atoms with Gasteiger partial charge in [0.2, 0.25) is 0 Å². The minimum atomic E-state index is 0.277. The maximum Gasteiger partial charge on any atom is 0.131 e. The van der Waals surface area contributed by atoms with E-state index in [0.29, 0.717) is 18.6 Å². The van der Waals surface area contributed by atoms with E-state index in [9.17, 15) is 4.79 Å². The summed E-state index contributed by atoms with van der Waals surface area (Å²) in [5, 5.41) is 0. The first-order chi connectivity index (χ1) is 6.63. The second kappa shape index (κ2) is 5.47. The maximum absolute atomic E-state index is 10.9. The lowest BCUT2D eigenvalue weighted by Gasteiger charge is -2.38. The van der Waals surface area contributed by atoms with Gasteiger partial charge in [-0.15, -0.1) is 0 Å². The topological polar surface area (TPSA) is 29.5 Å². The number of hydrogen-bond acceptors (Lipinski definition) is 3. The van der Waals surface area contributed by atoms with Gasteiger partial charge < -0.3 is 4.74 Å². The van der Waals surface area contributed by atoms with Crippen LogP contribution in [0.1, 0.15) is 33.6 Å². The molecule has 82 valence electrons. The summed E-state index contributed by atoms with van der Waals surface area (Å²) in [4.78, 5) is 13.3. The number of ether oxygens (including phenoxy) is 1. The van der Waals surface area contributed by atoms with Crippen molar-refractivity contribution in [3.8, 4) is 0 Å². The summed E-state index contributed by atoms with van der Waals surface area (Å²) in [6.45, 7) is 8.59. The van der Waals surface area contributed by atoms with Crippen molar-refractivity contribution in [1.29, 1.82) is 0 Å². The minimum absolute atomic E-state index is 0.277. The van der Waals surface area contributed by atoms with Crippen molar-refractivity contribution in [1.82, 2.24) is 4.90 Å². The Hall–Kier alpha value is -0.410. The van der Waals surface area contributed by atoms with E-state index in [2.05, 4.69) is 18.7 Å². The predicted octanol–water partition coefficient (Wildman–Crippen LogP) is 1.46. The van der Waals surface area contributed by atoms with Crippen molar-refractivity contribution in [2.45, 2.75) is 45.8 Å². The number of ketones is 1. The average molecular weight is 199 g/mol. The SMILES string of the molecule is CCC1COC(C)CN1CCC(C)=O. The molecule has 1 aliphatic heterocycles. The smallest absolute Gasteiger partial charge is 0.131 e. The molecule has 1 aliphatic rings. The van der Waals surface area contributed by atoms with E-state index in [0.717, 1.165) is 26.1 Å². The van der Waals surface area contributed by atoms with Gasteiger partial charge >= 0.3 is 0 Å². The van der Waals surface area contributed by atoms with E-state index in [1.807, 2.05) is 0 Å². The van der Waals surface area contributed by atoms with Crippen LogP contribution in [0.4, 0.5) is 0 Å². The summed E-state index contributed by atoms with van der Waals surface area (Å²) in [5.41, 5.74) is 0. The fourth-order valence-corrected chi connectivity index (χ4v) is 1.86. The third-order valence-electron chi connectivity index (χ3n) is 2.80. The molecule has 0 amide bonds. The van der Waals surface area contributed by atoms with Crippen molar-refractivity contribution in [2.24, 2.45) is 0 Å². The highest BCUT2D eigenvalue weighted by Gasteiger charge is 2.24. The Morgan fingerprint density at radius 2 is 2.29 bits per heavy atom. The van der Waals surface area contributed by atoms with E-state index in [1.54, 1.807) is 6.92 Å². The highest BCUT2D eigenvalue weighted by atomic mass is 16.5. The maximum atomic E-state index is 10.9. The second-order valence-electron chi connectivity index (χ2n) is 4.15. The molecule has 0 aromatic heterocycles. The highest BCUT2D eigenvalue weighted by molar-refractivity contribution is 5.75. The zero-order valence-corrected chi connectivity index (χ0v) is 9.45. The molecule has 1 rings (SSSR count). The molecule has 0 aromatic carbocycles. The van der Waals surface area contributed by atoms with Gasteiger partial charge in [-0.2, -0.15) is 0 Å². The Kier molecular flexibility index (Phi) is 4.55. The second-order valence-corrected chi connectivity index (χ2v) is 4.15. The lowest BCUT2D eigenvalue weighted by atomic mass is 10.1. The normalized spacial score (nSPS) is 29.1. The first-order valence-corrected chi connectivity index (χ1v) is 5.48.